The van der Waals surface area contributed by atoms with Gasteiger partial charge in [0.15, 0.2) is 0 Å². The van der Waals surface area contributed by atoms with E-state index in [4.69, 9.17) is 5.11 Å². The van der Waals surface area contributed by atoms with Crippen molar-refractivity contribution in [1.82, 2.24) is 5.43 Å². The summed E-state index contributed by atoms with van der Waals surface area (Å²) in [4.78, 5) is 10.9. The molecule has 0 aliphatic heterocycles. The molecule has 11 heavy (non-hydrogen) atoms. The second-order valence-electron chi connectivity index (χ2n) is 3.06. The van der Waals surface area contributed by atoms with Crippen molar-refractivity contribution < 1.29 is 9.90 Å². The second-order valence-corrected chi connectivity index (χ2v) is 3.06. The number of rotatable bonds is 2. The summed E-state index contributed by atoms with van der Waals surface area (Å²) in [5.74, 6) is -0.501. The zero-order chi connectivity index (χ0) is 9.07. The molecule has 0 fully saturated rings. The Bertz CT molecular complexity index is 175. The smallest absolute Gasteiger partial charge is 0.271 e. The van der Waals surface area contributed by atoms with Crippen molar-refractivity contribution in [2.24, 2.45) is 5.10 Å². The molecule has 0 saturated carbocycles. The van der Waals surface area contributed by atoms with E-state index in [0.717, 1.165) is 5.71 Å². The molecule has 0 aliphatic carbocycles. The Kier molecular flexibility index (Phi) is 3.19. The maximum Gasteiger partial charge on any atom is 0.271 e. The second kappa shape index (κ2) is 3.48. The third kappa shape index (κ3) is 4.50. The van der Waals surface area contributed by atoms with Crippen molar-refractivity contribution in [3.05, 3.63) is 0 Å². The highest BCUT2D eigenvalue weighted by atomic mass is 16.3. The van der Waals surface area contributed by atoms with Gasteiger partial charge in [-0.05, 0) is 27.7 Å². The summed E-state index contributed by atoms with van der Waals surface area (Å²) in [6.07, 6.45) is 0. The molecule has 1 amide bonds. The van der Waals surface area contributed by atoms with Gasteiger partial charge in [0, 0.05) is 5.71 Å². The van der Waals surface area contributed by atoms with Crippen LogP contribution in [-0.2, 0) is 4.79 Å². The van der Waals surface area contributed by atoms with Crippen molar-refractivity contribution >= 4 is 11.6 Å². The predicted octanol–water partition coefficient (Wildman–Crippen LogP) is 0.269. The van der Waals surface area contributed by atoms with Crippen molar-refractivity contribution in [2.45, 2.75) is 33.3 Å². The third-order valence-electron chi connectivity index (χ3n) is 0.937. The van der Waals surface area contributed by atoms with Crippen LogP contribution in [0.25, 0.3) is 0 Å². The van der Waals surface area contributed by atoms with Crippen LogP contribution in [0.5, 0.6) is 0 Å². The van der Waals surface area contributed by atoms with E-state index >= 15 is 0 Å². The van der Waals surface area contributed by atoms with Crippen LogP contribution in [0, 0.1) is 0 Å². The monoisotopic (exact) mass is 158 g/mol. The molecule has 0 heterocycles. The molecule has 0 aromatic heterocycles. The van der Waals surface area contributed by atoms with Gasteiger partial charge in [0.2, 0.25) is 0 Å². The zero-order valence-corrected chi connectivity index (χ0v) is 7.30. The van der Waals surface area contributed by atoms with E-state index in [1.165, 1.54) is 13.8 Å². The van der Waals surface area contributed by atoms with Crippen molar-refractivity contribution in [3.63, 3.8) is 0 Å². The first-order valence-corrected chi connectivity index (χ1v) is 3.37. The maximum atomic E-state index is 10.9. The number of aliphatic hydroxyl groups is 1. The molecule has 0 rings (SSSR count). The van der Waals surface area contributed by atoms with Crippen LogP contribution in [0.2, 0.25) is 0 Å². The Morgan fingerprint density at radius 1 is 1.45 bits per heavy atom. The molecule has 0 unspecified atom stereocenters. The fourth-order valence-electron chi connectivity index (χ4n) is 0.299. The van der Waals surface area contributed by atoms with E-state index in [9.17, 15) is 4.79 Å². The molecular weight excluding hydrogens is 144 g/mol. The minimum absolute atomic E-state index is 0.501. The highest BCUT2D eigenvalue weighted by molar-refractivity contribution is 5.86. The maximum absolute atomic E-state index is 10.9. The van der Waals surface area contributed by atoms with Gasteiger partial charge in [-0.2, -0.15) is 5.10 Å². The lowest BCUT2D eigenvalue weighted by molar-refractivity contribution is -0.136. The highest BCUT2D eigenvalue weighted by Crippen LogP contribution is 1.99. The SMILES string of the molecule is CC(C)=NNC(=O)C(C)(C)O. The van der Waals surface area contributed by atoms with Gasteiger partial charge in [-0.3, -0.25) is 4.79 Å². The molecule has 0 aromatic carbocycles. The van der Waals surface area contributed by atoms with Crippen LogP contribution in [0.4, 0.5) is 0 Å². The topological polar surface area (TPSA) is 61.7 Å². The van der Waals surface area contributed by atoms with Gasteiger partial charge in [-0.1, -0.05) is 0 Å². The number of hydrogen-bond donors (Lipinski definition) is 2. The van der Waals surface area contributed by atoms with Crippen LogP contribution in [0.1, 0.15) is 27.7 Å². The van der Waals surface area contributed by atoms with E-state index in [0.29, 0.717) is 0 Å². The lowest BCUT2D eigenvalue weighted by Gasteiger charge is -2.13. The standard InChI is InChI=1S/C7H14N2O2/c1-5(2)8-9-6(10)7(3,4)11/h11H,1-4H3,(H,9,10). The Morgan fingerprint density at radius 2 is 1.91 bits per heavy atom. The summed E-state index contributed by atoms with van der Waals surface area (Å²) < 4.78 is 0. The summed E-state index contributed by atoms with van der Waals surface area (Å²) in [6.45, 7) is 6.32. The quantitative estimate of drug-likeness (QED) is 0.447. The Labute approximate surface area is 66.3 Å². The summed E-state index contributed by atoms with van der Waals surface area (Å²) in [7, 11) is 0. The minimum Gasteiger partial charge on any atom is -0.381 e. The van der Waals surface area contributed by atoms with Crippen LogP contribution in [0.15, 0.2) is 5.10 Å². The molecule has 0 aliphatic rings. The summed E-state index contributed by atoms with van der Waals surface area (Å²) in [6, 6.07) is 0. The van der Waals surface area contributed by atoms with Crippen LogP contribution >= 0.6 is 0 Å². The molecule has 0 saturated heterocycles. The van der Waals surface area contributed by atoms with E-state index < -0.39 is 11.5 Å². The number of nitrogens with one attached hydrogen (secondary N) is 1. The van der Waals surface area contributed by atoms with Gasteiger partial charge in [-0.25, -0.2) is 5.43 Å². The highest BCUT2D eigenvalue weighted by Gasteiger charge is 2.22. The van der Waals surface area contributed by atoms with Gasteiger partial charge in [0.1, 0.15) is 5.60 Å². The molecule has 64 valence electrons. The van der Waals surface area contributed by atoms with E-state index in [-0.39, 0.29) is 0 Å². The molecular formula is C7H14N2O2. The van der Waals surface area contributed by atoms with E-state index in [1.54, 1.807) is 13.8 Å². The van der Waals surface area contributed by atoms with Gasteiger partial charge in [0.05, 0.1) is 0 Å². The van der Waals surface area contributed by atoms with Gasteiger partial charge >= 0.3 is 0 Å². The largest absolute Gasteiger partial charge is 0.381 e. The van der Waals surface area contributed by atoms with Crippen LogP contribution in [-0.4, -0.2) is 22.3 Å². The molecule has 0 radical (unpaired) electrons. The van der Waals surface area contributed by atoms with Gasteiger partial charge in [0.25, 0.3) is 5.91 Å². The number of hydrogen-bond acceptors (Lipinski definition) is 3. The number of amides is 1. The Morgan fingerprint density at radius 3 is 2.18 bits per heavy atom. The molecule has 0 spiro atoms. The normalized spacial score (nSPS) is 10.6. The molecule has 4 heteroatoms. The number of hydrazone groups is 1. The summed E-state index contributed by atoms with van der Waals surface area (Å²) in [5, 5.41) is 12.8. The number of carbonyl (C=O) groups is 1. The Hall–Kier alpha value is -0.900. The molecule has 0 bridgehead atoms. The number of carbonyl (C=O) groups excluding carboxylic acids is 1. The fraction of sp³-hybridized carbons (Fsp3) is 0.714. The van der Waals surface area contributed by atoms with Crippen LogP contribution in [0.3, 0.4) is 0 Å². The molecule has 4 nitrogen and oxygen atoms in total. The average molecular weight is 158 g/mol. The fourth-order valence-corrected chi connectivity index (χ4v) is 0.299. The molecule has 0 atom stereocenters. The van der Waals surface area contributed by atoms with Crippen molar-refractivity contribution in [3.8, 4) is 0 Å². The molecule has 2 N–H and O–H groups in total. The number of nitrogens with zero attached hydrogens (tertiary/aromatic N) is 1. The zero-order valence-electron chi connectivity index (χ0n) is 7.30. The third-order valence-corrected chi connectivity index (χ3v) is 0.937. The summed E-state index contributed by atoms with van der Waals surface area (Å²) in [5.41, 5.74) is 1.60. The lowest BCUT2D eigenvalue weighted by atomic mass is 10.1. The predicted molar refractivity (Wildman–Crippen MR) is 43.2 cm³/mol. The van der Waals surface area contributed by atoms with Crippen molar-refractivity contribution in [1.29, 1.82) is 0 Å². The summed E-state index contributed by atoms with van der Waals surface area (Å²) >= 11 is 0. The first-order valence-electron chi connectivity index (χ1n) is 3.37. The van der Waals surface area contributed by atoms with E-state index in [2.05, 4.69) is 10.5 Å². The van der Waals surface area contributed by atoms with Crippen molar-refractivity contribution in [2.75, 3.05) is 0 Å². The lowest BCUT2D eigenvalue weighted by Crippen LogP contribution is -2.39. The van der Waals surface area contributed by atoms with Gasteiger partial charge < -0.3 is 5.11 Å². The van der Waals surface area contributed by atoms with E-state index in [1.807, 2.05) is 0 Å². The first kappa shape index (κ1) is 10.1. The van der Waals surface area contributed by atoms with Crippen LogP contribution < -0.4 is 5.43 Å². The molecule has 0 aromatic rings. The van der Waals surface area contributed by atoms with Gasteiger partial charge in [-0.15, -0.1) is 0 Å². The minimum atomic E-state index is -1.36. The average Bonchev–Trinajstić information content (AvgIpc) is 1.80. The Balaban J connectivity index is 4.01. The first-order chi connectivity index (χ1) is 4.84.